The van der Waals surface area contributed by atoms with Crippen LogP contribution in [0.5, 0.6) is 11.5 Å². The van der Waals surface area contributed by atoms with E-state index < -0.39 is 0 Å². The van der Waals surface area contributed by atoms with Gasteiger partial charge in [0.15, 0.2) is 11.5 Å². The van der Waals surface area contributed by atoms with E-state index in [0.717, 1.165) is 50.5 Å². The smallest absolute Gasteiger partial charge is 0.262 e. The van der Waals surface area contributed by atoms with Gasteiger partial charge in [-0.05, 0) is 55.2 Å². The van der Waals surface area contributed by atoms with Crippen molar-refractivity contribution in [3.8, 4) is 11.5 Å². The average molecular weight is 415 g/mol. The largest absolute Gasteiger partial charge is 0.489 e. The van der Waals surface area contributed by atoms with E-state index in [1.165, 1.54) is 0 Å². The summed E-state index contributed by atoms with van der Waals surface area (Å²) in [5.41, 5.74) is 3.06. The highest BCUT2D eigenvalue weighted by molar-refractivity contribution is 7.18. The van der Waals surface area contributed by atoms with Gasteiger partial charge in [-0.1, -0.05) is 11.6 Å². The van der Waals surface area contributed by atoms with Crippen LogP contribution in [-0.2, 0) is 6.54 Å². The second-order valence-corrected chi connectivity index (χ2v) is 8.77. The molecule has 0 amide bonds. The topological polar surface area (TPSA) is 53.4 Å². The number of benzene rings is 1. The molecule has 0 aliphatic carbocycles. The predicted molar refractivity (Wildman–Crippen MR) is 113 cm³/mol. The Morgan fingerprint density at radius 2 is 2.07 bits per heavy atom. The number of halogens is 1. The van der Waals surface area contributed by atoms with Crippen LogP contribution in [0.3, 0.4) is 0 Å². The Labute approximate surface area is 171 Å². The lowest BCUT2D eigenvalue weighted by atomic mass is 10.1. The van der Waals surface area contributed by atoms with Gasteiger partial charge in [-0.15, -0.1) is 11.3 Å². The van der Waals surface area contributed by atoms with Gasteiger partial charge in [0.25, 0.3) is 5.56 Å². The zero-order valence-corrected chi connectivity index (χ0v) is 17.2. The summed E-state index contributed by atoms with van der Waals surface area (Å²) in [6, 6.07) is 3.82. The normalized spacial score (nSPS) is 17.2. The van der Waals surface area contributed by atoms with Gasteiger partial charge in [0.1, 0.15) is 10.7 Å². The van der Waals surface area contributed by atoms with Crippen molar-refractivity contribution in [1.29, 1.82) is 0 Å². The lowest BCUT2D eigenvalue weighted by Crippen LogP contribution is -2.20. The molecule has 0 N–H and O–H groups in total. The molecule has 4 heterocycles. The highest BCUT2D eigenvalue weighted by Gasteiger charge is 2.24. The molecule has 0 unspecified atom stereocenters. The number of rotatable bonds is 1. The summed E-state index contributed by atoms with van der Waals surface area (Å²) in [5.74, 6) is 2.02. The Morgan fingerprint density at radius 1 is 1.25 bits per heavy atom. The van der Waals surface area contributed by atoms with E-state index >= 15 is 0 Å². The van der Waals surface area contributed by atoms with Gasteiger partial charge in [-0.25, -0.2) is 4.98 Å². The summed E-state index contributed by atoms with van der Waals surface area (Å²) in [6.07, 6.45) is 3.64. The molecule has 144 valence electrons. The van der Waals surface area contributed by atoms with E-state index in [4.69, 9.17) is 26.1 Å². The number of aryl methyl sites for hydroxylation is 2. The SMILES string of the molecule is Cc1sc2nc3n(c(=O)c2c1C)CC/C3=C/c1cc(Cl)c2c(c1)OCCCO2. The minimum absolute atomic E-state index is 0.0574. The summed E-state index contributed by atoms with van der Waals surface area (Å²) < 4.78 is 13.3. The van der Waals surface area contributed by atoms with Crippen LogP contribution in [0.1, 0.15) is 34.7 Å². The first-order valence-corrected chi connectivity index (χ1v) is 10.5. The van der Waals surface area contributed by atoms with Crippen LogP contribution in [0.25, 0.3) is 21.9 Å². The first-order valence-electron chi connectivity index (χ1n) is 9.33. The van der Waals surface area contributed by atoms with Crippen LogP contribution in [-0.4, -0.2) is 22.8 Å². The van der Waals surface area contributed by atoms with Gasteiger partial charge >= 0.3 is 0 Å². The van der Waals surface area contributed by atoms with Crippen molar-refractivity contribution in [3.63, 3.8) is 0 Å². The maximum absolute atomic E-state index is 13.0. The number of allylic oxidation sites excluding steroid dienone is 1. The van der Waals surface area contributed by atoms with E-state index in [-0.39, 0.29) is 5.56 Å². The molecular formula is C21H19ClN2O3S. The zero-order valence-electron chi connectivity index (χ0n) is 15.7. The van der Waals surface area contributed by atoms with E-state index in [0.29, 0.717) is 36.3 Å². The number of hydrogen-bond acceptors (Lipinski definition) is 5. The van der Waals surface area contributed by atoms with Crippen LogP contribution in [0, 0.1) is 13.8 Å². The fourth-order valence-corrected chi connectivity index (χ4v) is 5.09. The van der Waals surface area contributed by atoms with Crippen molar-refractivity contribution in [2.45, 2.75) is 33.2 Å². The molecule has 5 rings (SSSR count). The third-order valence-corrected chi connectivity index (χ3v) is 6.73. The predicted octanol–water partition coefficient (Wildman–Crippen LogP) is 4.83. The summed E-state index contributed by atoms with van der Waals surface area (Å²) in [4.78, 5) is 19.8. The Hall–Kier alpha value is -2.31. The highest BCUT2D eigenvalue weighted by atomic mass is 35.5. The first-order chi connectivity index (χ1) is 13.5. The van der Waals surface area contributed by atoms with Crippen LogP contribution in [0.2, 0.25) is 5.02 Å². The Bertz CT molecular complexity index is 1210. The van der Waals surface area contributed by atoms with Gasteiger partial charge in [0.05, 0.1) is 23.6 Å². The molecular weight excluding hydrogens is 396 g/mol. The van der Waals surface area contributed by atoms with E-state index in [1.54, 1.807) is 15.9 Å². The summed E-state index contributed by atoms with van der Waals surface area (Å²) >= 11 is 8.01. The fourth-order valence-electron chi connectivity index (χ4n) is 3.80. The number of hydrogen-bond donors (Lipinski definition) is 0. The van der Waals surface area contributed by atoms with Gasteiger partial charge in [0, 0.05) is 17.8 Å². The minimum atomic E-state index is 0.0574. The lowest BCUT2D eigenvalue weighted by Gasteiger charge is -2.10. The first kappa shape index (κ1) is 17.8. The van der Waals surface area contributed by atoms with Crippen molar-refractivity contribution < 1.29 is 9.47 Å². The third kappa shape index (κ3) is 2.74. The van der Waals surface area contributed by atoms with Crippen molar-refractivity contribution in [1.82, 2.24) is 9.55 Å². The molecule has 0 bridgehead atoms. The van der Waals surface area contributed by atoms with Crippen LogP contribution in [0.4, 0.5) is 0 Å². The van der Waals surface area contributed by atoms with Gasteiger partial charge < -0.3 is 9.47 Å². The van der Waals surface area contributed by atoms with E-state index in [2.05, 4.69) is 0 Å². The van der Waals surface area contributed by atoms with Gasteiger partial charge in [0.2, 0.25) is 0 Å². The zero-order chi connectivity index (χ0) is 19.4. The second-order valence-electron chi connectivity index (χ2n) is 7.16. The van der Waals surface area contributed by atoms with E-state index in [9.17, 15) is 4.79 Å². The Morgan fingerprint density at radius 3 is 2.93 bits per heavy atom. The van der Waals surface area contributed by atoms with Crippen LogP contribution >= 0.6 is 22.9 Å². The summed E-state index contributed by atoms with van der Waals surface area (Å²) in [5, 5.41) is 1.29. The molecule has 0 fully saturated rings. The van der Waals surface area contributed by atoms with Crippen molar-refractivity contribution in [3.05, 3.63) is 49.3 Å². The van der Waals surface area contributed by atoms with Crippen molar-refractivity contribution >= 4 is 44.8 Å². The molecule has 0 atom stereocenters. The highest BCUT2D eigenvalue weighted by Crippen LogP contribution is 2.39. The number of thiophene rings is 1. The van der Waals surface area contributed by atoms with E-state index in [1.807, 2.05) is 32.1 Å². The number of nitrogens with zero attached hydrogens (tertiary/aromatic N) is 2. The maximum Gasteiger partial charge on any atom is 0.262 e. The van der Waals surface area contributed by atoms with Crippen molar-refractivity contribution in [2.75, 3.05) is 13.2 Å². The molecule has 7 heteroatoms. The minimum Gasteiger partial charge on any atom is -0.489 e. The molecule has 2 aliphatic rings. The fraction of sp³-hybridized carbons (Fsp3) is 0.333. The molecule has 0 saturated carbocycles. The molecule has 0 spiro atoms. The number of ether oxygens (including phenoxy) is 2. The number of aromatic nitrogens is 2. The van der Waals surface area contributed by atoms with Crippen LogP contribution in [0.15, 0.2) is 16.9 Å². The second kappa shape index (κ2) is 6.64. The molecule has 0 radical (unpaired) electrons. The molecule has 1 aromatic carbocycles. The summed E-state index contributed by atoms with van der Waals surface area (Å²) in [6.45, 7) is 5.89. The lowest BCUT2D eigenvalue weighted by molar-refractivity contribution is 0.297. The standard InChI is InChI=1S/C21H19ClN2O3S/c1-11-12(2)28-20-17(11)21(25)24-5-4-14(19(24)23-20)8-13-9-15(22)18-16(10-13)26-6-3-7-27-18/h8-10H,3-7H2,1-2H3/b14-8-. The maximum atomic E-state index is 13.0. The molecule has 28 heavy (non-hydrogen) atoms. The average Bonchev–Trinajstić information content (AvgIpc) is 3.06. The number of fused-ring (bicyclic) bond motifs is 3. The molecule has 0 saturated heterocycles. The van der Waals surface area contributed by atoms with Gasteiger partial charge in [-0.2, -0.15) is 0 Å². The molecule has 2 aliphatic heterocycles. The molecule has 3 aromatic rings. The molecule has 5 nitrogen and oxygen atoms in total. The Balaban J connectivity index is 1.63. The third-order valence-electron chi connectivity index (χ3n) is 5.35. The van der Waals surface area contributed by atoms with Gasteiger partial charge in [-0.3, -0.25) is 9.36 Å². The Kier molecular flexibility index (Phi) is 4.21. The van der Waals surface area contributed by atoms with Crippen LogP contribution < -0.4 is 15.0 Å². The quantitative estimate of drug-likeness (QED) is 0.572. The molecule has 2 aromatic heterocycles. The van der Waals surface area contributed by atoms with Crippen molar-refractivity contribution in [2.24, 2.45) is 0 Å². The summed E-state index contributed by atoms with van der Waals surface area (Å²) in [7, 11) is 0. The monoisotopic (exact) mass is 414 g/mol.